The molecule has 144 valence electrons. The molecule has 0 saturated carbocycles. The van der Waals surface area contributed by atoms with Crippen LogP contribution in [0.3, 0.4) is 0 Å². The zero-order valence-corrected chi connectivity index (χ0v) is 16.5. The highest BCUT2D eigenvalue weighted by Gasteiger charge is 2.21. The van der Waals surface area contributed by atoms with Gasteiger partial charge in [0.1, 0.15) is 0 Å². The molecule has 0 aliphatic carbocycles. The molecule has 0 radical (unpaired) electrons. The first-order chi connectivity index (χ1) is 12.9. The molecule has 1 N–H and O–H groups in total. The van der Waals surface area contributed by atoms with E-state index in [2.05, 4.69) is 50.4 Å². The lowest BCUT2D eigenvalue weighted by atomic mass is 9.84. The van der Waals surface area contributed by atoms with Gasteiger partial charge in [-0.1, -0.05) is 49.7 Å². The van der Waals surface area contributed by atoms with Crippen LogP contribution in [0.4, 0.5) is 0 Å². The summed E-state index contributed by atoms with van der Waals surface area (Å²) < 4.78 is 11.4. The normalized spacial score (nSPS) is 13.7. The summed E-state index contributed by atoms with van der Waals surface area (Å²) >= 11 is 0. The number of aryl methyl sites for hydroxylation is 2. The molecule has 0 atom stereocenters. The molecule has 2 aromatic rings. The van der Waals surface area contributed by atoms with Gasteiger partial charge in [-0.2, -0.15) is 0 Å². The lowest BCUT2D eigenvalue weighted by Crippen LogP contribution is -2.36. The van der Waals surface area contributed by atoms with Crippen LogP contribution in [0, 0.1) is 6.92 Å². The van der Waals surface area contributed by atoms with Crippen molar-refractivity contribution in [3.8, 4) is 11.5 Å². The maximum atomic E-state index is 12.3. The summed E-state index contributed by atoms with van der Waals surface area (Å²) in [4.78, 5) is 12.3. The second-order valence-corrected chi connectivity index (χ2v) is 7.86. The molecule has 1 amide bonds. The number of benzene rings is 2. The number of nitrogens with one attached hydrogen (secondary N) is 1. The van der Waals surface area contributed by atoms with E-state index < -0.39 is 0 Å². The van der Waals surface area contributed by atoms with Crippen molar-refractivity contribution < 1.29 is 14.3 Å². The van der Waals surface area contributed by atoms with Crippen molar-refractivity contribution in [2.45, 2.75) is 45.4 Å². The maximum Gasteiger partial charge on any atom is 0.220 e. The summed E-state index contributed by atoms with van der Waals surface area (Å²) in [6.45, 7) is 8.39. The summed E-state index contributed by atoms with van der Waals surface area (Å²) in [6, 6.07) is 14.4. The predicted octanol–water partition coefficient (Wildman–Crippen LogP) is 4.18. The molecule has 27 heavy (non-hydrogen) atoms. The molecule has 1 aliphatic heterocycles. The van der Waals surface area contributed by atoms with Crippen molar-refractivity contribution >= 4 is 5.91 Å². The van der Waals surface area contributed by atoms with Crippen LogP contribution in [-0.4, -0.2) is 25.7 Å². The molecule has 0 saturated heterocycles. The lowest BCUT2D eigenvalue weighted by Gasteiger charge is -2.26. The molecular weight excluding hydrogens is 338 g/mol. The Balaban J connectivity index is 1.52. The molecule has 3 rings (SSSR count). The maximum absolute atomic E-state index is 12.3. The van der Waals surface area contributed by atoms with Crippen molar-refractivity contribution in [1.29, 1.82) is 0 Å². The summed E-state index contributed by atoms with van der Waals surface area (Å²) in [7, 11) is 0. The Hall–Kier alpha value is -2.49. The zero-order chi connectivity index (χ0) is 19.3. The van der Waals surface area contributed by atoms with Gasteiger partial charge in [0.05, 0.1) is 13.2 Å². The fourth-order valence-electron chi connectivity index (χ4n) is 3.20. The van der Waals surface area contributed by atoms with E-state index in [4.69, 9.17) is 9.47 Å². The average Bonchev–Trinajstić information content (AvgIpc) is 2.89. The summed E-state index contributed by atoms with van der Waals surface area (Å²) in [5.41, 5.74) is 3.47. The number of ether oxygens (including phenoxy) is 2. The van der Waals surface area contributed by atoms with E-state index in [0.29, 0.717) is 32.6 Å². The first-order valence-corrected chi connectivity index (χ1v) is 9.66. The van der Waals surface area contributed by atoms with Crippen LogP contribution in [0.1, 0.15) is 43.4 Å². The fourth-order valence-corrected chi connectivity index (χ4v) is 3.20. The van der Waals surface area contributed by atoms with Crippen molar-refractivity contribution in [2.24, 2.45) is 0 Å². The molecule has 0 fully saturated rings. The summed E-state index contributed by atoms with van der Waals surface area (Å²) in [5.74, 6) is 1.65. The van der Waals surface area contributed by atoms with Crippen LogP contribution in [0.5, 0.6) is 11.5 Å². The Kier molecular flexibility index (Phi) is 6.04. The van der Waals surface area contributed by atoms with Crippen molar-refractivity contribution in [3.05, 3.63) is 59.2 Å². The van der Waals surface area contributed by atoms with Crippen molar-refractivity contribution in [2.75, 3.05) is 19.8 Å². The third-order valence-corrected chi connectivity index (χ3v) is 4.98. The topological polar surface area (TPSA) is 47.6 Å². The average molecular weight is 367 g/mol. The van der Waals surface area contributed by atoms with Gasteiger partial charge in [-0.15, -0.1) is 0 Å². The van der Waals surface area contributed by atoms with E-state index in [1.165, 1.54) is 11.1 Å². The molecule has 0 spiro atoms. The fraction of sp³-hybridized carbons (Fsp3) is 0.435. The molecule has 0 bridgehead atoms. The van der Waals surface area contributed by atoms with E-state index >= 15 is 0 Å². The monoisotopic (exact) mass is 367 g/mol. The van der Waals surface area contributed by atoms with Crippen LogP contribution >= 0.6 is 0 Å². The van der Waals surface area contributed by atoms with Gasteiger partial charge in [0.15, 0.2) is 11.5 Å². The van der Waals surface area contributed by atoms with E-state index in [1.54, 1.807) is 0 Å². The second-order valence-electron chi connectivity index (χ2n) is 7.86. The smallest absolute Gasteiger partial charge is 0.220 e. The molecule has 0 unspecified atom stereocenters. The Labute approximate surface area is 161 Å². The third kappa shape index (κ3) is 5.25. The summed E-state index contributed by atoms with van der Waals surface area (Å²) in [5, 5.41) is 3.09. The van der Waals surface area contributed by atoms with Crippen molar-refractivity contribution in [3.63, 3.8) is 0 Å². The van der Waals surface area contributed by atoms with E-state index in [1.807, 2.05) is 18.2 Å². The van der Waals surface area contributed by atoms with Gasteiger partial charge in [0, 0.05) is 24.8 Å². The van der Waals surface area contributed by atoms with Gasteiger partial charge in [-0.3, -0.25) is 4.79 Å². The quantitative estimate of drug-likeness (QED) is 0.833. The number of fused-ring (bicyclic) bond motifs is 1. The molecule has 1 heterocycles. The number of rotatable bonds is 6. The van der Waals surface area contributed by atoms with E-state index in [-0.39, 0.29) is 11.3 Å². The van der Waals surface area contributed by atoms with Crippen molar-refractivity contribution in [1.82, 2.24) is 5.32 Å². The zero-order valence-electron chi connectivity index (χ0n) is 16.5. The highest BCUT2D eigenvalue weighted by Crippen LogP contribution is 2.30. The van der Waals surface area contributed by atoms with Gasteiger partial charge >= 0.3 is 0 Å². The molecular formula is C23H29NO3. The Morgan fingerprint density at radius 1 is 1.07 bits per heavy atom. The van der Waals surface area contributed by atoms with Crippen LogP contribution in [0.15, 0.2) is 42.5 Å². The van der Waals surface area contributed by atoms with Gasteiger partial charge in [-0.05, 0) is 36.6 Å². The molecule has 1 aliphatic rings. The van der Waals surface area contributed by atoms with Crippen LogP contribution < -0.4 is 14.8 Å². The first kappa shape index (κ1) is 19.3. The number of hydrogen-bond acceptors (Lipinski definition) is 3. The van der Waals surface area contributed by atoms with Crippen LogP contribution in [0.2, 0.25) is 0 Å². The predicted molar refractivity (Wildman–Crippen MR) is 108 cm³/mol. The lowest BCUT2D eigenvalue weighted by molar-refractivity contribution is -0.121. The van der Waals surface area contributed by atoms with Gasteiger partial charge in [0.25, 0.3) is 0 Å². The number of hydrogen-bond donors (Lipinski definition) is 1. The number of carbonyl (C=O) groups excluding carboxylic acids is 1. The minimum absolute atomic E-state index is 0.0721. The largest absolute Gasteiger partial charge is 0.490 e. The standard InChI is InChI=1S/C23H29NO3/c1-17-6-4-7-19(14-17)23(2,3)16-24-22(25)11-9-18-8-10-20-21(15-18)27-13-5-12-26-20/h4,6-8,10,14-15H,5,9,11-13,16H2,1-3H3,(H,24,25). The Morgan fingerprint density at radius 2 is 1.85 bits per heavy atom. The molecule has 4 heteroatoms. The number of carbonyl (C=O) groups is 1. The Morgan fingerprint density at radius 3 is 2.63 bits per heavy atom. The third-order valence-electron chi connectivity index (χ3n) is 4.98. The molecule has 2 aromatic carbocycles. The van der Waals surface area contributed by atoms with Gasteiger partial charge in [-0.25, -0.2) is 0 Å². The van der Waals surface area contributed by atoms with E-state index in [9.17, 15) is 4.79 Å². The highest BCUT2D eigenvalue weighted by atomic mass is 16.5. The Bertz CT molecular complexity index is 798. The van der Waals surface area contributed by atoms with Crippen LogP contribution in [0.25, 0.3) is 0 Å². The SMILES string of the molecule is Cc1cccc(C(C)(C)CNC(=O)CCc2ccc3c(c2)OCCCO3)c1. The first-order valence-electron chi connectivity index (χ1n) is 9.66. The minimum atomic E-state index is -0.100. The highest BCUT2D eigenvalue weighted by molar-refractivity contribution is 5.76. The number of amides is 1. The molecule has 0 aromatic heterocycles. The molecule has 4 nitrogen and oxygen atoms in total. The van der Waals surface area contributed by atoms with Crippen LogP contribution in [-0.2, 0) is 16.6 Å². The second kappa shape index (κ2) is 8.47. The van der Waals surface area contributed by atoms with E-state index in [0.717, 1.165) is 23.5 Å². The van der Waals surface area contributed by atoms with Gasteiger partial charge in [0.2, 0.25) is 5.91 Å². The van der Waals surface area contributed by atoms with Gasteiger partial charge < -0.3 is 14.8 Å². The summed E-state index contributed by atoms with van der Waals surface area (Å²) in [6.07, 6.45) is 2.04. The minimum Gasteiger partial charge on any atom is -0.490 e.